The number of nitrogens with two attached hydrogens (primary N) is 1. The number of urea groups is 1. The first-order valence-electron chi connectivity index (χ1n) is 8.45. The van der Waals surface area contributed by atoms with Gasteiger partial charge in [0.1, 0.15) is 5.75 Å². The molecule has 0 radical (unpaired) electrons. The van der Waals surface area contributed by atoms with Crippen LogP contribution in [0.3, 0.4) is 0 Å². The van der Waals surface area contributed by atoms with Crippen LogP contribution in [0.2, 0.25) is 0 Å². The molecule has 3 rings (SSSR count). The van der Waals surface area contributed by atoms with E-state index in [0.717, 1.165) is 33.2 Å². The molecule has 3 N–H and O–H groups in total. The van der Waals surface area contributed by atoms with Gasteiger partial charge in [0.2, 0.25) is 0 Å². The second-order valence-electron chi connectivity index (χ2n) is 6.16. The van der Waals surface area contributed by atoms with Crippen molar-refractivity contribution in [1.29, 1.82) is 0 Å². The van der Waals surface area contributed by atoms with Crippen LogP contribution in [0.4, 0.5) is 4.79 Å². The zero-order valence-electron chi connectivity index (χ0n) is 15.1. The van der Waals surface area contributed by atoms with E-state index >= 15 is 0 Å². The van der Waals surface area contributed by atoms with Crippen LogP contribution in [0.5, 0.6) is 5.75 Å². The lowest BCUT2D eigenvalue weighted by Crippen LogP contribution is -2.34. The Bertz CT molecular complexity index is 1050. The molecule has 0 saturated carbocycles. The van der Waals surface area contributed by atoms with Crippen molar-refractivity contribution in [2.24, 2.45) is 5.73 Å². The summed E-state index contributed by atoms with van der Waals surface area (Å²) in [5, 5.41) is 12.4. The molecular weight excluding hydrogens is 340 g/mol. The minimum atomic E-state index is -0.896. The van der Waals surface area contributed by atoms with Gasteiger partial charge in [-0.05, 0) is 59.7 Å². The third-order valence-corrected chi connectivity index (χ3v) is 4.36. The van der Waals surface area contributed by atoms with Gasteiger partial charge in [0, 0.05) is 11.1 Å². The average Bonchev–Trinajstić information content (AvgIpc) is 2.70. The second kappa shape index (κ2) is 7.81. The van der Waals surface area contributed by atoms with Gasteiger partial charge in [-0.2, -0.15) is 5.06 Å². The standard InChI is InChI=1S/C22H20N2O3/c1-15(24(26)22(23)25)18-5-3-4-16(12-18)6-7-17-8-9-20-14-21(27-2)11-10-19(20)13-17/h3-5,8-15,26H,1-2H3,(H2,23,25). The topological polar surface area (TPSA) is 75.8 Å². The molecule has 3 aromatic rings. The maximum Gasteiger partial charge on any atom is 0.339 e. The van der Waals surface area contributed by atoms with Crippen LogP contribution < -0.4 is 10.5 Å². The number of fused-ring (bicyclic) bond motifs is 1. The third-order valence-electron chi connectivity index (χ3n) is 4.36. The fraction of sp³-hybridized carbons (Fsp3) is 0.136. The average molecular weight is 360 g/mol. The summed E-state index contributed by atoms with van der Waals surface area (Å²) in [7, 11) is 1.65. The zero-order chi connectivity index (χ0) is 19.4. The van der Waals surface area contributed by atoms with Crippen LogP contribution in [0.25, 0.3) is 10.8 Å². The lowest BCUT2D eigenvalue weighted by molar-refractivity contribution is -0.0710. The van der Waals surface area contributed by atoms with Crippen LogP contribution in [0.15, 0.2) is 60.7 Å². The third kappa shape index (κ3) is 4.20. The largest absolute Gasteiger partial charge is 0.497 e. The van der Waals surface area contributed by atoms with Crippen molar-refractivity contribution >= 4 is 16.8 Å². The quantitative estimate of drug-likeness (QED) is 0.420. The molecule has 0 aromatic heterocycles. The number of primary amides is 1. The predicted octanol–water partition coefficient (Wildman–Crippen LogP) is 4.08. The van der Waals surface area contributed by atoms with Crippen molar-refractivity contribution in [2.75, 3.05) is 7.11 Å². The van der Waals surface area contributed by atoms with Crippen molar-refractivity contribution in [1.82, 2.24) is 5.06 Å². The maximum absolute atomic E-state index is 11.1. The van der Waals surface area contributed by atoms with Gasteiger partial charge in [-0.15, -0.1) is 0 Å². The van der Waals surface area contributed by atoms with Crippen molar-refractivity contribution in [3.05, 3.63) is 77.4 Å². The number of amides is 2. The Balaban J connectivity index is 1.86. The number of carbonyl (C=O) groups excluding carboxylic acids is 1. The number of ether oxygens (including phenoxy) is 1. The highest BCUT2D eigenvalue weighted by Crippen LogP contribution is 2.22. The second-order valence-corrected chi connectivity index (χ2v) is 6.16. The summed E-state index contributed by atoms with van der Waals surface area (Å²) in [4.78, 5) is 11.1. The Morgan fingerprint density at radius 3 is 2.41 bits per heavy atom. The van der Waals surface area contributed by atoms with Crippen molar-refractivity contribution in [3.63, 3.8) is 0 Å². The first-order valence-corrected chi connectivity index (χ1v) is 8.45. The molecule has 0 bridgehead atoms. The molecular formula is C22H20N2O3. The minimum Gasteiger partial charge on any atom is -0.497 e. The summed E-state index contributed by atoms with van der Waals surface area (Å²) in [6.07, 6.45) is 0. The Hall–Kier alpha value is -3.49. The molecule has 1 unspecified atom stereocenters. The van der Waals surface area contributed by atoms with Gasteiger partial charge in [0.05, 0.1) is 13.2 Å². The number of rotatable bonds is 3. The Morgan fingerprint density at radius 2 is 1.70 bits per heavy atom. The normalized spacial score (nSPS) is 11.4. The highest BCUT2D eigenvalue weighted by molar-refractivity contribution is 5.85. The molecule has 3 aromatic carbocycles. The molecule has 0 aliphatic carbocycles. The fourth-order valence-corrected chi connectivity index (χ4v) is 2.78. The summed E-state index contributed by atoms with van der Waals surface area (Å²) < 4.78 is 5.24. The monoisotopic (exact) mass is 360 g/mol. The number of carbonyl (C=O) groups is 1. The highest BCUT2D eigenvalue weighted by Gasteiger charge is 2.16. The zero-order valence-corrected chi connectivity index (χ0v) is 15.1. The van der Waals surface area contributed by atoms with Gasteiger partial charge in [-0.1, -0.05) is 36.1 Å². The minimum absolute atomic E-state index is 0.504. The molecule has 5 heteroatoms. The number of hydrogen-bond acceptors (Lipinski definition) is 3. The molecule has 0 spiro atoms. The van der Waals surface area contributed by atoms with E-state index in [4.69, 9.17) is 10.5 Å². The van der Waals surface area contributed by atoms with Gasteiger partial charge in [0.25, 0.3) is 0 Å². The van der Waals surface area contributed by atoms with Crippen LogP contribution in [0, 0.1) is 11.8 Å². The molecule has 0 aliphatic rings. The van der Waals surface area contributed by atoms with Crippen LogP contribution >= 0.6 is 0 Å². The molecule has 0 fully saturated rings. The van der Waals surface area contributed by atoms with Crippen molar-refractivity contribution < 1.29 is 14.7 Å². The van der Waals surface area contributed by atoms with E-state index in [9.17, 15) is 10.0 Å². The SMILES string of the molecule is COc1ccc2cc(C#Cc3cccc(C(C)N(O)C(N)=O)c3)ccc2c1. The highest BCUT2D eigenvalue weighted by atomic mass is 16.5. The molecule has 0 aliphatic heterocycles. The summed E-state index contributed by atoms with van der Waals surface area (Å²) in [6, 6.07) is 17.8. The number of methoxy groups -OCH3 is 1. The van der Waals surface area contributed by atoms with Gasteiger partial charge < -0.3 is 10.5 Å². The molecule has 136 valence electrons. The van der Waals surface area contributed by atoms with Crippen molar-refractivity contribution in [3.8, 4) is 17.6 Å². The molecule has 0 saturated heterocycles. The van der Waals surface area contributed by atoms with Gasteiger partial charge in [-0.25, -0.2) is 4.79 Å². The van der Waals surface area contributed by atoms with E-state index in [1.807, 2.05) is 60.7 Å². The Morgan fingerprint density at radius 1 is 1.04 bits per heavy atom. The predicted molar refractivity (Wildman–Crippen MR) is 105 cm³/mol. The number of benzene rings is 3. The lowest BCUT2D eigenvalue weighted by atomic mass is 10.0. The summed E-state index contributed by atoms with van der Waals surface area (Å²) in [5.41, 5.74) is 7.54. The number of hydrogen-bond donors (Lipinski definition) is 2. The summed E-state index contributed by atoms with van der Waals surface area (Å²) in [6.45, 7) is 1.69. The van der Waals surface area contributed by atoms with E-state index < -0.39 is 12.1 Å². The molecule has 2 amide bonds. The lowest BCUT2D eigenvalue weighted by Gasteiger charge is -2.20. The Kier molecular flexibility index (Phi) is 5.30. The molecule has 1 atom stereocenters. The van der Waals surface area contributed by atoms with E-state index in [0.29, 0.717) is 5.06 Å². The van der Waals surface area contributed by atoms with E-state index in [2.05, 4.69) is 11.8 Å². The van der Waals surface area contributed by atoms with Gasteiger partial charge >= 0.3 is 6.03 Å². The van der Waals surface area contributed by atoms with Crippen LogP contribution in [0.1, 0.15) is 29.7 Å². The molecule has 0 heterocycles. The first-order chi connectivity index (χ1) is 13.0. The van der Waals surface area contributed by atoms with E-state index in [1.54, 1.807) is 14.0 Å². The van der Waals surface area contributed by atoms with Crippen LogP contribution in [-0.4, -0.2) is 23.4 Å². The number of nitrogens with zero attached hydrogens (tertiary/aromatic N) is 1. The van der Waals surface area contributed by atoms with Crippen LogP contribution in [-0.2, 0) is 0 Å². The summed E-state index contributed by atoms with van der Waals surface area (Å²) in [5.74, 6) is 7.09. The maximum atomic E-state index is 11.1. The van der Waals surface area contributed by atoms with Crippen molar-refractivity contribution in [2.45, 2.75) is 13.0 Å². The van der Waals surface area contributed by atoms with Gasteiger partial charge in [0.15, 0.2) is 0 Å². The Labute approximate surface area is 157 Å². The molecule has 5 nitrogen and oxygen atoms in total. The number of hydroxylamine groups is 2. The first kappa shape index (κ1) is 18.3. The molecule has 27 heavy (non-hydrogen) atoms. The smallest absolute Gasteiger partial charge is 0.339 e. The summed E-state index contributed by atoms with van der Waals surface area (Å²) >= 11 is 0. The fourth-order valence-electron chi connectivity index (χ4n) is 2.78. The van der Waals surface area contributed by atoms with E-state index in [-0.39, 0.29) is 0 Å². The van der Waals surface area contributed by atoms with E-state index in [1.165, 1.54) is 0 Å². The van der Waals surface area contributed by atoms with Gasteiger partial charge in [-0.3, -0.25) is 5.21 Å².